The molecule has 0 fully saturated rings. The Hall–Kier alpha value is -2.11. The summed E-state index contributed by atoms with van der Waals surface area (Å²) in [6, 6.07) is 3.80. The van der Waals surface area contributed by atoms with Gasteiger partial charge in [0.25, 0.3) is 0 Å². The van der Waals surface area contributed by atoms with E-state index < -0.39 is 0 Å². The highest BCUT2D eigenvalue weighted by Crippen LogP contribution is 2.04. The maximum absolute atomic E-state index is 11.7. The van der Waals surface area contributed by atoms with Gasteiger partial charge >= 0.3 is 0 Å². The van der Waals surface area contributed by atoms with Crippen LogP contribution >= 0.6 is 0 Å². The largest absolute Gasteiger partial charge is 0.469 e. The van der Waals surface area contributed by atoms with Crippen LogP contribution in [0.5, 0.6) is 0 Å². The summed E-state index contributed by atoms with van der Waals surface area (Å²) in [6.45, 7) is 2.50. The fourth-order valence-electron chi connectivity index (χ4n) is 1.69. The number of carbonyl (C=O) groups is 1. The van der Waals surface area contributed by atoms with Crippen LogP contribution in [0.2, 0.25) is 0 Å². The molecule has 0 aromatic carbocycles. The molecule has 0 radical (unpaired) electrons. The maximum atomic E-state index is 11.7. The van der Waals surface area contributed by atoms with Gasteiger partial charge in [0, 0.05) is 18.9 Å². The summed E-state index contributed by atoms with van der Waals surface area (Å²) >= 11 is 0. The minimum absolute atomic E-state index is 0.00422. The van der Waals surface area contributed by atoms with E-state index in [1.165, 1.54) is 6.33 Å². The van der Waals surface area contributed by atoms with Gasteiger partial charge in [-0.3, -0.25) is 9.48 Å². The standard InChI is InChI=1S/C12H16N4O2/c1-10(7-11-3-2-6-18-11)15-12(17)4-5-16-9-13-8-14-16/h2-3,6,8-10H,4-5,7H2,1H3,(H,15,17). The number of aryl methyl sites for hydroxylation is 1. The lowest BCUT2D eigenvalue weighted by Crippen LogP contribution is -2.34. The van der Waals surface area contributed by atoms with E-state index in [0.29, 0.717) is 19.4 Å². The first-order valence-corrected chi connectivity index (χ1v) is 5.88. The van der Waals surface area contributed by atoms with Gasteiger partial charge in [0.05, 0.1) is 12.8 Å². The van der Waals surface area contributed by atoms with Crippen molar-refractivity contribution in [2.75, 3.05) is 0 Å². The molecule has 1 atom stereocenters. The lowest BCUT2D eigenvalue weighted by atomic mass is 10.2. The molecule has 2 aromatic heterocycles. The number of carbonyl (C=O) groups excluding carboxylic acids is 1. The van der Waals surface area contributed by atoms with Gasteiger partial charge in [-0.15, -0.1) is 0 Å². The first-order valence-electron chi connectivity index (χ1n) is 5.88. The second kappa shape index (κ2) is 6.00. The monoisotopic (exact) mass is 248 g/mol. The Bertz CT molecular complexity index is 464. The first-order chi connectivity index (χ1) is 8.74. The average molecular weight is 248 g/mol. The number of furan rings is 1. The predicted molar refractivity (Wildman–Crippen MR) is 64.7 cm³/mol. The zero-order chi connectivity index (χ0) is 12.8. The summed E-state index contributed by atoms with van der Waals surface area (Å²) in [5.74, 6) is 0.878. The summed E-state index contributed by atoms with van der Waals surface area (Å²) < 4.78 is 6.87. The van der Waals surface area contributed by atoms with Crippen molar-refractivity contribution in [1.82, 2.24) is 20.1 Å². The van der Waals surface area contributed by atoms with Gasteiger partial charge in [0.15, 0.2) is 0 Å². The van der Waals surface area contributed by atoms with Gasteiger partial charge in [-0.2, -0.15) is 5.10 Å². The molecule has 1 N–H and O–H groups in total. The molecule has 2 heterocycles. The molecule has 2 aromatic rings. The van der Waals surface area contributed by atoms with Crippen molar-refractivity contribution in [2.45, 2.75) is 32.4 Å². The van der Waals surface area contributed by atoms with Crippen molar-refractivity contribution < 1.29 is 9.21 Å². The van der Waals surface area contributed by atoms with Crippen LogP contribution in [-0.4, -0.2) is 26.7 Å². The molecule has 96 valence electrons. The Morgan fingerprint density at radius 1 is 1.61 bits per heavy atom. The van der Waals surface area contributed by atoms with E-state index in [-0.39, 0.29) is 11.9 Å². The van der Waals surface area contributed by atoms with Crippen molar-refractivity contribution in [3.8, 4) is 0 Å². The second-order valence-electron chi connectivity index (χ2n) is 4.16. The molecule has 0 aliphatic rings. The van der Waals surface area contributed by atoms with Crippen molar-refractivity contribution in [2.24, 2.45) is 0 Å². The van der Waals surface area contributed by atoms with E-state index in [2.05, 4.69) is 15.4 Å². The predicted octanol–water partition coefficient (Wildman–Crippen LogP) is 1.01. The van der Waals surface area contributed by atoms with Gasteiger partial charge in [0.2, 0.25) is 5.91 Å². The zero-order valence-corrected chi connectivity index (χ0v) is 10.2. The van der Waals surface area contributed by atoms with Crippen molar-refractivity contribution >= 4 is 5.91 Å². The van der Waals surface area contributed by atoms with Crippen LogP contribution in [0.3, 0.4) is 0 Å². The van der Waals surface area contributed by atoms with Crippen molar-refractivity contribution in [3.05, 3.63) is 36.8 Å². The third kappa shape index (κ3) is 3.73. The summed E-state index contributed by atoms with van der Waals surface area (Å²) in [5.41, 5.74) is 0. The van der Waals surface area contributed by atoms with E-state index in [9.17, 15) is 4.79 Å². The highest BCUT2D eigenvalue weighted by atomic mass is 16.3. The zero-order valence-electron chi connectivity index (χ0n) is 10.2. The van der Waals surface area contributed by atoms with Gasteiger partial charge in [-0.05, 0) is 19.1 Å². The fourth-order valence-corrected chi connectivity index (χ4v) is 1.69. The Labute approximate surface area is 105 Å². The van der Waals surface area contributed by atoms with Crippen LogP contribution in [0.4, 0.5) is 0 Å². The number of aromatic nitrogens is 3. The number of nitrogens with zero attached hydrogens (tertiary/aromatic N) is 3. The fraction of sp³-hybridized carbons (Fsp3) is 0.417. The summed E-state index contributed by atoms with van der Waals surface area (Å²) in [5, 5.41) is 6.86. The van der Waals surface area contributed by atoms with E-state index >= 15 is 0 Å². The molecule has 0 spiro atoms. The van der Waals surface area contributed by atoms with E-state index in [1.807, 2.05) is 19.1 Å². The van der Waals surface area contributed by atoms with Gasteiger partial charge in [-0.1, -0.05) is 0 Å². The third-order valence-electron chi connectivity index (χ3n) is 2.53. The van der Waals surface area contributed by atoms with Crippen LogP contribution in [0, 0.1) is 0 Å². The molecule has 6 heteroatoms. The molecule has 0 saturated heterocycles. The lowest BCUT2D eigenvalue weighted by molar-refractivity contribution is -0.121. The smallest absolute Gasteiger partial charge is 0.222 e. The minimum atomic E-state index is 0.00422. The molecule has 18 heavy (non-hydrogen) atoms. The molecule has 0 saturated carbocycles. The number of hydrogen-bond donors (Lipinski definition) is 1. The van der Waals surface area contributed by atoms with Crippen LogP contribution in [0.1, 0.15) is 19.1 Å². The Morgan fingerprint density at radius 2 is 2.50 bits per heavy atom. The van der Waals surface area contributed by atoms with Crippen LogP contribution in [0.15, 0.2) is 35.5 Å². The maximum Gasteiger partial charge on any atom is 0.222 e. The summed E-state index contributed by atoms with van der Waals surface area (Å²) in [6.07, 6.45) is 5.78. The van der Waals surface area contributed by atoms with Crippen LogP contribution < -0.4 is 5.32 Å². The lowest BCUT2D eigenvalue weighted by Gasteiger charge is -2.12. The Morgan fingerprint density at radius 3 is 3.17 bits per heavy atom. The molecule has 0 aliphatic heterocycles. The van der Waals surface area contributed by atoms with Crippen LogP contribution in [-0.2, 0) is 17.8 Å². The highest BCUT2D eigenvalue weighted by Gasteiger charge is 2.09. The highest BCUT2D eigenvalue weighted by molar-refractivity contribution is 5.76. The number of hydrogen-bond acceptors (Lipinski definition) is 4. The Balaban J connectivity index is 1.70. The molecule has 1 unspecified atom stereocenters. The quantitative estimate of drug-likeness (QED) is 0.828. The molecular formula is C12H16N4O2. The van der Waals surface area contributed by atoms with Gasteiger partial charge in [-0.25, -0.2) is 4.98 Å². The molecule has 0 bridgehead atoms. The first kappa shape index (κ1) is 12.3. The SMILES string of the molecule is CC(Cc1ccco1)NC(=O)CCn1cncn1. The van der Waals surface area contributed by atoms with Crippen molar-refractivity contribution in [1.29, 1.82) is 0 Å². The molecule has 6 nitrogen and oxygen atoms in total. The summed E-state index contributed by atoms with van der Waals surface area (Å²) in [4.78, 5) is 15.5. The average Bonchev–Trinajstić information content (AvgIpc) is 2.98. The third-order valence-corrected chi connectivity index (χ3v) is 2.53. The van der Waals surface area contributed by atoms with E-state index in [4.69, 9.17) is 4.42 Å². The molecule has 1 amide bonds. The van der Waals surface area contributed by atoms with Gasteiger partial charge < -0.3 is 9.73 Å². The second-order valence-corrected chi connectivity index (χ2v) is 4.16. The van der Waals surface area contributed by atoms with Gasteiger partial charge in [0.1, 0.15) is 18.4 Å². The number of amides is 1. The minimum Gasteiger partial charge on any atom is -0.469 e. The molecule has 0 aliphatic carbocycles. The Kier molecular flexibility index (Phi) is 4.11. The topological polar surface area (TPSA) is 73.0 Å². The normalized spacial score (nSPS) is 12.3. The molecular weight excluding hydrogens is 232 g/mol. The number of rotatable bonds is 6. The molecule has 2 rings (SSSR count). The van der Waals surface area contributed by atoms with Crippen molar-refractivity contribution in [3.63, 3.8) is 0 Å². The van der Waals surface area contributed by atoms with E-state index in [1.54, 1.807) is 17.3 Å². The van der Waals surface area contributed by atoms with Crippen LogP contribution in [0.25, 0.3) is 0 Å². The summed E-state index contributed by atoms with van der Waals surface area (Å²) in [7, 11) is 0. The van der Waals surface area contributed by atoms with E-state index in [0.717, 1.165) is 5.76 Å². The number of nitrogens with one attached hydrogen (secondary N) is 1.